The van der Waals surface area contributed by atoms with Crippen molar-refractivity contribution >= 4 is 22.8 Å². The van der Waals surface area contributed by atoms with Gasteiger partial charge in [-0.05, 0) is 34.2 Å². The summed E-state index contributed by atoms with van der Waals surface area (Å²) in [5.41, 5.74) is 1.42. The van der Waals surface area contributed by atoms with E-state index in [4.69, 9.17) is 16.7 Å². The van der Waals surface area contributed by atoms with E-state index in [1.807, 2.05) is 20.8 Å². The highest BCUT2D eigenvalue weighted by Crippen LogP contribution is 2.27. The summed E-state index contributed by atoms with van der Waals surface area (Å²) in [5.74, 6) is -0.960. The molecule has 0 amide bonds. The van der Waals surface area contributed by atoms with Crippen LogP contribution in [0.5, 0.6) is 0 Å². The smallest absolute Gasteiger partial charge is 0.335 e. The van der Waals surface area contributed by atoms with E-state index in [-0.39, 0.29) is 17.4 Å². The van der Waals surface area contributed by atoms with Crippen LogP contribution in [-0.2, 0) is 16.6 Å². The van der Waals surface area contributed by atoms with Gasteiger partial charge in [0.15, 0.2) is 0 Å². The molecule has 0 bridgehead atoms. The van der Waals surface area contributed by atoms with Crippen molar-refractivity contribution in [1.82, 2.24) is 0 Å². The molecule has 1 aromatic rings. The summed E-state index contributed by atoms with van der Waals surface area (Å²) in [7, 11) is 0. The molecule has 0 radical (unpaired) electrons. The van der Waals surface area contributed by atoms with Crippen LogP contribution in [0.3, 0.4) is 0 Å². The molecule has 1 rings (SSSR count). The van der Waals surface area contributed by atoms with E-state index >= 15 is 0 Å². The first-order valence-electron chi connectivity index (χ1n) is 5.27. The lowest BCUT2D eigenvalue weighted by Gasteiger charge is -2.22. The SMILES string of the molecule is CC(C)(C)c1cc(CC(=O)Cl)ccc1C(=O)O. The van der Waals surface area contributed by atoms with E-state index in [1.54, 1.807) is 12.1 Å². The molecule has 1 aromatic carbocycles. The number of carboxylic acids is 1. The molecule has 0 aliphatic heterocycles. The third-order valence-electron chi connectivity index (χ3n) is 2.47. The standard InChI is InChI=1S/C13H15ClO3/c1-13(2,3)10-6-8(7-11(14)15)4-5-9(10)12(16)17/h4-6H,7H2,1-3H3,(H,16,17). The molecule has 0 aromatic heterocycles. The van der Waals surface area contributed by atoms with Gasteiger partial charge in [0.1, 0.15) is 0 Å². The lowest BCUT2D eigenvalue weighted by atomic mass is 9.82. The summed E-state index contributed by atoms with van der Waals surface area (Å²) >= 11 is 5.33. The van der Waals surface area contributed by atoms with Gasteiger partial charge < -0.3 is 5.11 Å². The molecule has 3 nitrogen and oxygen atoms in total. The molecule has 0 aliphatic rings. The Morgan fingerprint density at radius 1 is 1.29 bits per heavy atom. The van der Waals surface area contributed by atoms with Crippen LogP contribution in [0.25, 0.3) is 0 Å². The lowest BCUT2D eigenvalue weighted by molar-refractivity contribution is -0.111. The van der Waals surface area contributed by atoms with Crippen LogP contribution < -0.4 is 0 Å². The first-order valence-corrected chi connectivity index (χ1v) is 5.64. The van der Waals surface area contributed by atoms with Crippen molar-refractivity contribution < 1.29 is 14.7 Å². The molecule has 17 heavy (non-hydrogen) atoms. The van der Waals surface area contributed by atoms with E-state index in [1.165, 1.54) is 6.07 Å². The molecule has 0 unspecified atom stereocenters. The van der Waals surface area contributed by atoms with Gasteiger partial charge in [-0.2, -0.15) is 0 Å². The number of benzene rings is 1. The Morgan fingerprint density at radius 2 is 1.88 bits per heavy atom. The predicted molar refractivity (Wildman–Crippen MR) is 66.7 cm³/mol. The van der Waals surface area contributed by atoms with Crippen LogP contribution in [0.2, 0.25) is 0 Å². The molecule has 0 aliphatic carbocycles. The second-order valence-electron chi connectivity index (χ2n) is 4.97. The Kier molecular flexibility index (Phi) is 3.94. The number of hydrogen-bond donors (Lipinski definition) is 1. The number of halogens is 1. The maximum absolute atomic E-state index is 11.1. The normalized spacial score (nSPS) is 11.3. The lowest BCUT2D eigenvalue weighted by Crippen LogP contribution is -2.17. The minimum absolute atomic E-state index is 0.116. The molecule has 0 saturated heterocycles. The minimum atomic E-state index is -0.960. The van der Waals surface area contributed by atoms with Gasteiger partial charge in [0.25, 0.3) is 0 Å². The molecule has 4 heteroatoms. The van der Waals surface area contributed by atoms with Crippen LogP contribution in [0.4, 0.5) is 0 Å². The van der Waals surface area contributed by atoms with Gasteiger partial charge in [-0.3, -0.25) is 4.79 Å². The monoisotopic (exact) mass is 254 g/mol. The van der Waals surface area contributed by atoms with Crippen molar-refractivity contribution in [3.8, 4) is 0 Å². The number of carboxylic acid groups (broad SMARTS) is 1. The van der Waals surface area contributed by atoms with Crippen LogP contribution in [-0.4, -0.2) is 16.3 Å². The Balaban J connectivity index is 3.29. The topological polar surface area (TPSA) is 54.4 Å². The molecule has 0 saturated carbocycles. The first kappa shape index (κ1) is 13.7. The summed E-state index contributed by atoms with van der Waals surface area (Å²) in [6.07, 6.45) is 0.116. The summed E-state index contributed by atoms with van der Waals surface area (Å²) in [4.78, 5) is 22.0. The van der Waals surface area contributed by atoms with Crippen LogP contribution in [0, 0.1) is 0 Å². The van der Waals surface area contributed by atoms with Crippen molar-refractivity contribution in [2.75, 3.05) is 0 Å². The number of hydrogen-bond acceptors (Lipinski definition) is 2. The largest absolute Gasteiger partial charge is 0.478 e. The molecule has 0 atom stereocenters. The molecule has 0 spiro atoms. The third-order valence-corrected chi connectivity index (χ3v) is 2.60. The van der Waals surface area contributed by atoms with Gasteiger partial charge in [-0.1, -0.05) is 32.9 Å². The zero-order valence-corrected chi connectivity index (χ0v) is 10.8. The highest BCUT2D eigenvalue weighted by atomic mass is 35.5. The number of carbonyl (C=O) groups excluding carboxylic acids is 1. The number of aromatic carboxylic acids is 1. The van der Waals surface area contributed by atoms with Gasteiger partial charge in [-0.15, -0.1) is 0 Å². The van der Waals surface area contributed by atoms with Crippen molar-refractivity contribution in [2.45, 2.75) is 32.6 Å². The highest BCUT2D eigenvalue weighted by Gasteiger charge is 2.22. The maximum atomic E-state index is 11.1. The predicted octanol–water partition coefficient (Wildman–Crippen LogP) is 2.99. The molecular formula is C13H15ClO3. The third kappa shape index (κ3) is 3.56. The fourth-order valence-corrected chi connectivity index (χ4v) is 1.82. The fraction of sp³-hybridized carbons (Fsp3) is 0.385. The van der Waals surface area contributed by atoms with Gasteiger partial charge in [-0.25, -0.2) is 4.79 Å². The van der Waals surface area contributed by atoms with Gasteiger partial charge in [0, 0.05) is 6.42 Å². The van der Waals surface area contributed by atoms with Crippen LogP contribution in [0.15, 0.2) is 18.2 Å². The average molecular weight is 255 g/mol. The molecule has 1 N–H and O–H groups in total. The van der Waals surface area contributed by atoms with Crippen molar-refractivity contribution in [3.63, 3.8) is 0 Å². The summed E-state index contributed by atoms with van der Waals surface area (Å²) in [6.45, 7) is 5.79. The number of rotatable bonds is 3. The maximum Gasteiger partial charge on any atom is 0.335 e. The van der Waals surface area contributed by atoms with E-state index < -0.39 is 11.2 Å². The second-order valence-corrected chi connectivity index (χ2v) is 5.39. The van der Waals surface area contributed by atoms with Crippen molar-refractivity contribution in [3.05, 3.63) is 34.9 Å². The Hall–Kier alpha value is -1.35. The van der Waals surface area contributed by atoms with E-state index in [0.717, 1.165) is 5.56 Å². The Labute approximate surface area is 105 Å². The molecular weight excluding hydrogens is 240 g/mol. The zero-order chi connectivity index (χ0) is 13.2. The first-order chi connectivity index (χ1) is 7.71. The summed E-state index contributed by atoms with van der Waals surface area (Å²) < 4.78 is 0. The molecule has 0 fully saturated rings. The van der Waals surface area contributed by atoms with E-state index in [2.05, 4.69) is 0 Å². The van der Waals surface area contributed by atoms with Crippen molar-refractivity contribution in [1.29, 1.82) is 0 Å². The van der Waals surface area contributed by atoms with Gasteiger partial charge in [0.05, 0.1) is 5.56 Å². The Morgan fingerprint density at radius 3 is 2.29 bits per heavy atom. The fourth-order valence-electron chi connectivity index (χ4n) is 1.67. The van der Waals surface area contributed by atoms with Crippen molar-refractivity contribution in [2.24, 2.45) is 0 Å². The highest BCUT2D eigenvalue weighted by molar-refractivity contribution is 6.63. The average Bonchev–Trinajstić information content (AvgIpc) is 2.14. The molecule has 0 heterocycles. The quantitative estimate of drug-likeness (QED) is 0.844. The van der Waals surface area contributed by atoms with Crippen LogP contribution >= 0.6 is 11.6 Å². The van der Waals surface area contributed by atoms with Gasteiger partial charge in [0.2, 0.25) is 5.24 Å². The zero-order valence-electron chi connectivity index (χ0n) is 10.1. The van der Waals surface area contributed by atoms with Gasteiger partial charge >= 0.3 is 5.97 Å². The molecule has 92 valence electrons. The van der Waals surface area contributed by atoms with Crippen LogP contribution in [0.1, 0.15) is 42.3 Å². The van der Waals surface area contributed by atoms with E-state index in [9.17, 15) is 9.59 Å². The summed E-state index contributed by atoms with van der Waals surface area (Å²) in [6, 6.07) is 4.89. The van der Waals surface area contributed by atoms with E-state index in [0.29, 0.717) is 5.56 Å². The number of carbonyl (C=O) groups is 2. The summed E-state index contributed by atoms with van der Waals surface area (Å²) in [5, 5.41) is 8.66. The minimum Gasteiger partial charge on any atom is -0.478 e. The Bertz CT molecular complexity index is 458. The second kappa shape index (κ2) is 4.88.